The molecule has 2 aliphatic heterocycles. The molecule has 0 aromatic heterocycles. The van der Waals surface area contributed by atoms with Crippen LogP contribution in [0.4, 0.5) is 0 Å². The molecule has 5 rings (SSSR count). The van der Waals surface area contributed by atoms with Crippen molar-refractivity contribution in [1.29, 1.82) is 0 Å². The van der Waals surface area contributed by atoms with Gasteiger partial charge in [0.2, 0.25) is 11.8 Å². The molecule has 2 aromatic rings. The second-order valence-corrected chi connectivity index (χ2v) is 13.3. The first kappa shape index (κ1) is 27.6. The van der Waals surface area contributed by atoms with Crippen LogP contribution in [0.2, 0.25) is 0 Å². The Hall–Kier alpha value is -3.00. The fraction of sp³-hybridized carbons (Fsp3) is 0.516. The summed E-state index contributed by atoms with van der Waals surface area (Å²) in [4.78, 5) is 40.9. The standard InChI is InChI=1S/C31H38N2O5S/c1-4-5-18-38-23-15-13-21(14-16-23)31(17-9-12-22(31)19-20-10-7-6-8-11-20)29(37)32-24-26(34)33-25(28(35)36)30(2,3)39-27(24)33/h6-8,10-11,13-16,22,24-25,27H,4-5,9,12,17-19H2,1-3H3,(H,32,37)(H,35,36)/t22-,24+,25-,27+,31+/m0/s1. The molecule has 2 saturated heterocycles. The van der Waals surface area contributed by atoms with E-state index >= 15 is 0 Å². The zero-order valence-electron chi connectivity index (χ0n) is 22.9. The van der Waals surface area contributed by atoms with Gasteiger partial charge in [0.05, 0.1) is 12.0 Å². The van der Waals surface area contributed by atoms with E-state index in [0.717, 1.165) is 43.4 Å². The zero-order valence-corrected chi connectivity index (χ0v) is 23.7. The molecule has 39 heavy (non-hydrogen) atoms. The Morgan fingerprint density at radius 3 is 2.51 bits per heavy atom. The molecule has 0 spiro atoms. The maximum atomic E-state index is 14.3. The number of ether oxygens (including phenoxy) is 1. The summed E-state index contributed by atoms with van der Waals surface area (Å²) in [6.45, 7) is 6.48. The third kappa shape index (κ3) is 4.92. The quantitative estimate of drug-likeness (QED) is 0.327. The summed E-state index contributed by atoms with van der Waals surface area (Å²) in [5.41, 5.74) is 1.33. The van der Waals surface area contributed by atoms with Gasteiger partial charge in [0.25, 0.3) is 0 Å². The minimum atomic E-state index is -1.01. The number of nitrogens with zero attached hydrogens (tertiary/aromatic N) is 1. The highest BCUT2D eigenvalue weighted by Gasteiger charge is 2.65. The van der Waals surface area contributed by atoms with Crippen molar-refractivity contribution >= 4 is 29.5 Å². The Bertz CT molecular complexity index is 1220. The van der Waals surface area contributed by atoms with Crippen LogP contribution in [0.3, 0.4) is 0 Å². The molecular formula is C31H38N2O5S. The van der Waals surface area contributed by atoms with Gasteiger partial charge in [0, 0.05) is 4.75 Å². The number of thioether (sulfide) groups is 1. The molecule has 1 saturated carbocycles. The van der Waals surface area contributed by atoms with E-state index in [9.17, 15) is 19.5 Å². The van der Waals surface area contributed by atoms with E-state index in [-0.39, 0.29) is 23.1 Å². The van der Waals surface area contributed by atoms with Gasteiger partial charge in [-0.25, -0.2) is 4.79 Å². The number of carbonyl (C=O) groups excluding carboxylic acids is 2. The van der Waals surface area contributed by atoms with E-state index in [1.165, 1.54) is 22.2 Å². The summed E-state index contributed by atoms with van der Waals surface area (Å²) in [7, 11) is 0. The van der Waals surface area contributed by atoms with Crippen LogP contribution in [0.5, 0.6) is 5.75 Å². The molecule has 2 heterocycles. The van der Waals surface area contributed by atoms with Crippen LogP contribution >= 0.6 is 11.8 Å². The van der Waals surface area contributed by atoms with E-state index in [1.807, 2.05) is 56.3 Å². The number of unbranched alkanes of at least 4 members (excludes halogenated alkanes) is 1. The van der Waals surface area contributed by atoms with Crippen LogP contribution in [-0.2, 0) is 26.2 Å². The van der Waals surface area contributed by atoms with E-state index in [4.69, 9.17) is 4.74 Å². The smallest absolute Gasteiger partial charge is 0.327 e. The number of carboxylic acid groups (broad SMARTS) is 1. The van der Waals surface area contributed by atoms with Crippen LogP contribution in [0, 0.1) is 5.92 Å². The molecule has 2 N–H and O–H groups in total. The maximum Gasteiger partial charge on any atom is 0.327 e. The number of aliphatic carboxylic acids is 1. The van der Waals surface area contributed by atoms with E-state index in [2.05, 4.69) is 24.4 Å². The summed E-state index contributed by atoms with van der Waals surface area (Å²) in [5.74, 6) is -0.612. The van der Waals surface area contributed by atoms with Crippen molar-refractivity contribution < 1.29 is 24.2 Å². The summed E-state index contributed by atoms with van der Waals surface area (Å²) in [5, 5.41) is 12.5. The fourth-order valence-electron chi connectivity index (χ4n) is 6.66. The number of nitrogens with one attached hydrogen (secondary N) is 1. The molecule has 0 radical (unpaired) electrons. The molecule has 0 unspecified atom stereocenters. The van der Waals surface area contributed by atoms with Crippen molar-refractivity contribution in [2.24, 2.45) is 5.92 Å². The van der Waals surface area contributed by atoms with Crippen LogP contribution in [0.1, 0.15) is 64.0 Å². The number of amides is 2. The Labute approximate surface area is 234 Å². The third-order valence-corrected chi connectivity index (χ3v) is 10.2. The first-order chi connectivity index (χ1) is 18.7. The van der Waals surface area contributed by atoms with E-state index < -0.39 is 28.2 Å². The predicted octanol–water partition coefficient (Wildman–Crippen LogP) is 4.78. The summed E-state index contributed by atoms with van der Waals surface area (Å²) in [6, 6.07) is 16.5. The van der Waals surface area contributed by atoms with Crippen LogP contribution < -0.4 is 10.1 Å². The van der Waals surface area contributed by atoms with E-state index in [1.54, 1.807) is 0 Å². The van der Waals surface area contributed by atoms with Crippen molar-refractivity contribution in [1.82, 2.24) is 10.2 Å². The lowest BCUT2D eigenvalue weighted by molar-refractivity contribution is -0.161. The van der Waals surface area contributed by atoms with Gasteiger partial charge in [0.1, 0.15) is 23.2 Å². The SMILES string of the molecule is CCCCOc1ccc([C@]2(C(=O)N[C@@H]3C(=O)N4[C@@H]3SC(C)(C)[C@@H]4C(=O)O)CCC[C@H]2Cc2ccccc2)cc1. The third-order valence-electron chi connectivity index (χ3n) is 8.65. The number of hydrogen-bond donors (Lipinski definition) is 2. The van der Waals surface area contributed by atoms with Crippen molar-refractivity contribution in [3.63, 3.8) is 0 Å². The van der Waals surface area contributed by atoms with Crippen LogP contribution in [-0.4, -0.2) is 56.6 Å². The second-order valence-electron chi connectivity index (χ2n) is 11.5. The van der Waals surface area contributed by atoms with Gasteiger partial charge >= 0.3 is 5.97 Å². The largest absolute Gasteiger partial charge is 0.494 e. The summed E-state index contributed by atoms with van der Waals surface area (Å²) >= 11 is 1.45. The van der Waals surface area contributed by atoms with Gasteiger partial charge in [-0.2, -0.15) is 0 Å². The molecule has 2 amide bonds. The number of carboxylic acids is 1. The molecule has 8 heteroatoms. The minimum absolute atomic E-state index is 0.0671. The van der Waals surface area contributed by atoms with Gasteiger partial charge in [-0.3, -0.25) is 9.59 Å². The highest BCUT2D eigenvalue weighted by atomic mass is 32.2. The average molecular weight is 551 g/mol. The molecular weight excluding hydrogens is 512 g/mol. The first-order valence-electron chi connectivity index (χ1n) is 14.0. The number of β-lactam (4-membered cyclic amide) rings is 1. The van der Waals surface area contributed by atoms with Crippen LogP contribution in [0.25, 0.3) is 0 Å². The Balaban J connectivity index is 1.43. The second kappa shape index (κ2) is 10.9. The number of hydrogen-bond acceptors (Lipinski definition) is 5. The van der Waals surface area contributed by atoms with Gasteiger partial charge < -0.3 is 20.1 Å². The highest BCUT2D eigenvalue weighted by Crippen LogP contribution is 2.52. The Morgan fingerprint density at radius 2 is 1.85 bits per heavy atom. The summed E-state index contributed by atoms with van der Waals surface area (Å²) < 4.78 is 5.24. The molecule has 208 valence electrons. The predicted molar refractivity (Wildman–Crippen MR) is 152 cm³/mol. The van der Waals surface area contributed by atoms with Crippen molar-refractivity contribution in [2.45, 2.75) is 86.9 Å². The van der Waals surface area contributed by atoms with Gasteiger partial charge in [-0.1, -0.05) is 62.2 Å². The molecule has 3 fully saturated rings. The summed E-state index contributed by atoms with van der Waals surface area (Å²) in [6.07, 6.45) is 5.32. The van der Waals surface area contributed by atoms with Crippen LogP contribution in [0.15, 0.2) is 54.6 Å². The molecule has 0 bridgehead atoms. The van der Waals surface area contributed by atoms with E-state index in [0.29, 0.717) is 13.0 Å². The number of rotatable bonds is 10. The lowest BCUT2D eigenvalue weighted by Crippen LogP contribution is -2.72. The molecule has 7 nitrogen and oxygen atoms in total. The normalized spacial score (nSPS) is 29.0. The fourth-order valence-corrected chi connectivity index (χ4v) is 8.29. The lowest BCUT2D eigenvalue weighted by atomic mass is 9.69. The monoisotopic (exact) mass is 550 g/mol. The Morgan fingerprint density at radius 1 is 1.13 bits per heavy atom. The lowest BCUT2D eigenvalue weighted by Gasteiger charge is -2.45. The minimum Gasteiger partial charge on any atom is -0.494 e. The number of fused-ring (bicyclic) bond motifs is 1. The van der Waals surface area contributed by atoms with Gasteiger partial charge in [0.15, 0.2) is 0 Å². The molecule has 2 aromatic carbocycles. The first-order valence-corrected chi connectivity index (χ1v) is 14.9. The Kier molecular flexibility index (Phi) is 7.68. The molecule has 3 aliphatic rings. The highest BCUT2D eigenvalue weighted by molar-refractivity contribution is 8.01. The molecule has 1 aliphatic carbocycles. The van der Waals surface area contributed by atoms with Crippen molar-refractivity contribution in [2.75, 3.05) is 6.61 Å². The van der Waals surface area contributed by atoms with Gasteiger partial charge in [-0.05, 0) is 68.7 Å². The zero-order chi connectivity index (χ0) is 27.8. The maximum absolute atomic E-state index is 14.3. The number of carbonyl (C=O) groups is 3. The van der Waals surface area contributed by atoms with Crippen molar-refractivity contribution in [3.05, 3.63) is 65.7 Å². The van der Waals surface area contributed by atoms with Crippen molar-refractivity contribution in [3.8, 4) is 5.75 Å². The molecule has 5 atom stereocenters. The topological polar surface area (TPSA) is 95.9 Å². The average Bonchev–Trinajstić information content (AvgIpc) is 3.45. The number of benzene rings is 2. The van der Waals surface area contributed by atoms with Gasteiger partial charge in [-0.15, -0.1) is 11.8 Å².